The van der Waals surface area contributed by atoms with E-state index in [-0.39, 0.29) is 23.1 Å². The van der Waals surface area contributed by atoms with Gasteiger partial charge in [-0.05, 0) is 59.9 Å². The fourth-order valence-electron chi connectivity index (χ4n) is 5.03. The van der Waals surface area contributed by atoms with Crippen molar-refractivity contribution in [2.45, 2.75) is 32.7 Å². The topological polar surface area (TPSA) is 111 Å². The SMILES string of the molecule is CCC(=O)N(C)CCc1ccc(Cc2ccc(N3CCn4ncc(C(=O)Nc5cccc(C#N)c5)c4C3=O)cc2)cc1. The molecule has 0 bridgehead atoms. The van der Waals surface area contributed by atoms with Crippen LogP contribution in [0.25, 0.3) is 0 Å². The predicted molar refractivity (Wildman–Crippen MR) is 160 cm³/mol. The van der Waals surface area contributed by atoms with Crippen LogP contribution in [0.15, 0.2) is 79.0 Å². The van der Waals surface area contributed by atoms with Crippen molar-refractivity contribution in [1.82, 2.24) is 14.7 Å². The van der Waals surface area contributed by atoms with Crippen LogP contribution in [-0.2, 0) is 24.2 Å². The van der Waals surface area contributed by atoms with E-state index in [0.29, 0.717) is 37.3 Å². The van der Waals surface area contributed by atoms with E-state index in [0.717, 1.165) is 24.1 Å². The number of benzene rings is 3. The van der Waals surface area contributed by atoms with Gasteiger partial charge >= 0.3 is 0 Å². The molecule has 0 atom stereocenters. The van der Waals surface area contributed by atoms with Gasteiger partial charge in [-0.25, -0.2) is 0 Å². The third kappa shape index (κ3) is 6.23. The highest BCUT2D eigenvalue weighted by Gasteiger charge is 2.32. The molecule has 0 saturated carbocycles. The van der Waals surface area contributed by atoms with Crippen molar-refractivity contribution in [2.24, 2.45) is 0 Å². The van der Waals surface area contributed by atoms with Crippen LogP contribution in [0.5, 0.6) is 0 Å². The number of amides is 3. The first-order valence-corrected chi connectivity index (χ1v) is 14.0. The van der Waals surface area contributed by atoms with Gasteiger partial charge in [0.25, 0.3) is 11.8 Å². The van der Waals surface area contributed by atoms with Gasteiger partial charge in [0.2, 0.25) is 5.91 Å². The van der Waals surface area contributed by atoms with Crippen LogP contribution in [0.4, 0.5) is 11.4 Å². The summed E-state index contributed by atoms with van der Waals surface area (Å²) in [4.78, 5) is 41.8. The van der Waals surface area contributed by atoms with Gasteiger partial charge in [0.1, 0.15) is 5.69 Å². The Morgan fingerprint density at radius 1 is 1.00 bits per heavy atom. The van der Waals surface area contributed by atoms with E-state index in [1.807, 2.05) is 44.3 Å². The number of hydrogen-bond donors (Lipinski definition) is 1. The zero-order valence-corrected chi connectivity index (χ0v) is 23.7. The van der Waals surface area contributed by atoms with Crippen molar-refractivity contribution in [3.8, 4) is 6.07 Å². The Morgan fingerprint density at radius 3 is 2.38 bits per heavy atom. The second-order valence-electron chi connectivity index (χ2n) is 10.3. The maximum atomic E-state index is 13.5. The van der Waals surface area contributed by atoms with Crippen LogP contribution in [0.1, 0.15) is 56.4 Å². The third-order valence-corrected chi connectivity index (χ3v) is 7.46. The molecule has 1 aliphatic heterocycles. The van der Waals surface area contributed by atoms with Crippen molar-refractivity contribution >= 4 is 29.1 Å². The molecular formula is C33H32N6O3. The van der Waals surface area contributed by atoms with Gasteiger partial charge in [0.15, 0.2) is 0 Å². The van der Waals surface area contributed by atoms with Crippen LogP contribution in [-0.4, -0.2) is 52.5 Å². The van der Waals surface area contributed by atoms with Gasteiger partial charge in [-0.3, -0.25) is 19.1 Å². The quantitative estimate of drug-likeness (QED) is 0.320. The highest BCUT2D eigenvalue weighted by atomic mass is 16.2. The molecule has 2 heterocycles. The van der Waals surface area contributed by atoms with E-state index >= 15 is 0 Å². The zero-order chi connectivity index (χ0) is 29.6. The molecule has 3 amide bonds. The minimum Gasteiger partial charge on any atom is -0.345 e. The lowest BCUT2D eigenvalue weighted by atomic mass is 10.0. The maximum absolute atomic E-state index is 13.5. The van der Waals surface area contributed by atoms with E-state index in [9.17, 15) is 14.4 Å². The number of nitrogens with zero attached hydrogens (tertiary/aromatic N) is 5. The van der Waals surface area contributed by atoms with E-state index in [2.05, 4.69) is 34.7 Å². The number of nitriles is 1. The summed E-state index contributed by atoms with van der Waals surface area (Å²) >= 11 is 0. The van der Waals surface area contributed by atoms with Crippen LogP contribution in [0.2, 0.25) is 0 Å². The molecular weight excluding hydrogens is 528 g/mol. The van der Waals surface area contributed by atoms with E-state index in [4.69, 9.17) is 5.26 Å². The number of anilines is 2. The summed E-state index contributed by atoms with van der Waals surface area (Å²) in [6.07, 6.45) is 3.51. The monoisotopic (exact) mass is 560 g/mol. The molecule has 0 spiro atoms. The molecule has 1 aliphatic rings. The number of carbonyl (C=O) groups excluding carboxylic acids is 3. The summed E-state index contributed by atoms with van der Waals surface area (Å²) in [5.74, 6) is -0.592. The van der Waals surface area contributed by atoms with Crippen molar-refractivity contribution in [1.29, 1.82) is 5.26 Å². The van der Waals surface area contributed by atoms with E-state index in [1.165, 1.54) is 17.3 Å². The highest BCUT2D eigenvalue weighted by molar-refractivity contribution is 6.15. The molecule has 0 aliphatic carbocycles. The number of rotatable bonds is 9. The molecule has 0 radical (unpaired) electrons. The van der Waals surface area contributed by atoms with Crippen molar-refractivity contribution in [3.63, 3.8) is 0 Å². The Balaban J connectivity index is 1.23. The second-order valence-corrected chi connectivity index (χ2v) is 10.3. The van der Waals surface area contributed by atoms with Gasteiger partial charge in [0, 0.05) is 37.9 Å². The number of hydrogen-bond acceptors (Lipinski definition) is 5. The van der Waals surface area contributed by atoms with Crippen molar-refractivity contribution in [2.75, 3.05) is 30.4 Å². The number of carbonyl (C=O) groups is 3. The summed E-state index contributed by atoms with van der Waals surface area (Å²) < 4.78 is 1.57. The first-order valence-electron chi connectivity index (χ1n) is 14.0. The predicted octanol–water partition coefficient (Wildman–Crippen LogP) is 4.67. The van der Waals surface area contributed by atoms with Crippen LogP contribution in [0, 0.1) is 11.3 Å². The molecule has 0 saturated heterocycles. The molecule has 4 aromatic rings. The molecule has 3 aromatic carbocycles. The fourth-order valence-corrected chi connectivity index (χ4v) is 5.03. The van der Waals surface area contributed by atoms with Crippen LogP contribution in [0.3, 0.4) is 0 Å². The van der Waals surface area contributed by atoms with Crippen LogP contribution < -0.4 is 10.2 Å². The Morgan fingerprint density at radius 2 is 1.69 bits per heavy atom. The van der Waals surface area contributed by atoms with Gasteiger partial charge in [0.05, 0.1) is 29.9 Å². The molecule has 9 nitrogen and oxygen atoms in total. The Hall–Kier alpha value is -5.23. The van der Waals surface area contributed by atoms with Crippen molar-refractivity contribution < 1.29 is 14.4 Å². The molecule has 9 heteroatoms. The lowest BCUT2D eigenvalue weighted by Gasteiger charge is -2.28. The first kappa shape index (κ1) is 28.3. The molecule has 1 aromatic heterocycles. The number of nitrogens with one attached hydrogen (secondary N) is 1. The maximum Gasteiger partial charge on any atom is 0.277 e. The lowest BCUT2D eigenvalue weighted by molar-refractivity contribution is -0.129. The number of likely N-dealkylation sites (N-methyl/N-ethyl adjacent to an activating group) is 1. The van der Waals surface area contributed by atoms with E-state index in [1.54, 1.807) is 38.7 Å². The first-order chi connectivity index (χ1) is 20.4. The van der Waals surface area contributed by atoms with Crippen LogP contribution >= 0.6 is 0 Å². The molecule has 5 rings (SSSR count). The molecule has 0 unspecified atom stereocenters. The molecule has 212 valence electrons. The Labute approximate surface area is 245 Å². The smallest absolute Gasteiger partial charge is 0.277 e. The standard InChI is InChI=1S/C33H32N6O3/c1-3-30(40)37(2)16-15-23-7-9-24(10-8-23)19-25-11-13-28(14-12-25)38-17-18-39-31(33(38)42)29(22-35-39)32(41)36-27-6-4-5-26(20-27)21-34/h4-14,20,22H,3,15-19H2,1-2H3,(H,36,41). The minimum atomic E-state index is -0.454. The normalized spacial score (nSPS) is 12.4. The second kappa shape index (κ2) is 12.5. The average molecular weight is 561 g/mol. The third-order valence-electron chi connectivity index (χ3n) is 7.46. The fraction of sp³-hybridized carbons (Fsp3) is 0.242. The van der Waals surface area contributed by atoms with Crippen molar-refractivity contribution in [3.05, 3.63) is 113 Å². The summed E-state index contributed by atoms with van der Waals surface area (Å²) in [5, 5.41) is 16.2. The zero-order valence-electron chi connectivity index (χ0n) is 23.7. The summed E-state index contributed by atoms with van der Waals surface area (Å²) in [5.41, 5.74) is 5.58. The summed E-state index contributed by atoms with van der Waals surface area (Å²) in [6.45, 7) is 3.48. The largest absolute Gasteiger partial charge is 0.345 e. The van der Waals surface area contributed by atoms with Gasteiger partial charge in [-0.2, -0.15) is 10.4 Å². The molecule has 1 N–H and O–H groups in total. The summed E-state index contributed by atoms with van der Waals surface area (Å²) in [7, 11) is 1.84. The Bertz CT molecular complexity index is 1650. The average Bonchev–Trinajstić information content (AvgIpc) is 3.46. The number of aromatic nitrogens is 2. The molecule has 0 fully saturated rings. The van der Waals surface area contributed by atoms with Gasteiger partial charge in [-0.1, -0.05) is 49.4 Å². The highest BCUT2D eigenvalue weighted by Crippen LogP contribution is 2.25. The van der Waals surface area contributed by atoms with Gasteiger partial charge < -0.3 is 15.1 Å². The summed E-state index contributed by atoms with van der Waals surface area (Å²) in [6, 6.07) is 25.0. The lowest BCUT2D eigenvalue weighted by Crippen LogP contribution is -2.41. The van der Waals surface area contributed by atoms with E-state index < -0.39 is 5.91 Å². The van der Waals surface area contributed by atoms with Gasteiger partial charge in [-0.15, -0.1) is 0 Å². The number of fused-ring (bicyclic) bond motifs is 1. The minimum absolute atomic E-state index is 0.150. The Kier molecular flexibility index (Phi) is 8.44. The molecule has 42 heavy (non-hydrogen) atoms.